The maximum Gasteiger partial charge on any atom is 0.447 e. The molecular weight excluding hydrogens is 278 g/mol. The zero-order valence-electron chi connectivity index (χ0n) is 7.56. The van der Waals surface area contributed by atoms with Gasteiger partial charge in [0.25, 0.3) is 0 Å². The van der Waals surface area contributed by atoms with Gasteiger partial charge in [-0.2, -0.15) is 31.4 Å². The molecule has 0 spiro atoms. The summed E-state index contributed by atoms with van der Waals surface area (Å²) in [5.74, 6) is 0. The average Bonchev–Trinajstić information content (AvgIpc) is 2.30. The van der Waals surface area contributed by atoms with E-state index in [-0.39, 0.29) is 0 Å². The Morgan fingerprint density at radius 2 is 1.56 bits per heavy atom. The maximum absolute atomic E-state index is 12.0. The van der Waals surface area contributed by atoms with Gasteiger partial charge in [-0.15, -0.1) is 0 Å². The van der Waals surface area contributed by atoms with Gasteiger partial charge in [-0.05, 0) is 11.8 Å². The molecule has 0 aliphatic rings. The number of nitrogens with zero attached hydrogens (tertiary/aromatic N) is 2. The molecule has 0 N–H and O–H groups in total. The first-order chi connectivity index (χ1) is 7.08. The third-order valence-corrected chi connectivity index (χ3v) is 3.08. The predicted molar refractivity (Wildman–Crippen MR) is 47.0 cm³/mol. The summed E-state index contributed by atoms with van der Waals surface area (Å²) in [6.07, 6.45) is 0.756. The van der Waals surface area contributed by atoms with Gasteiger partial charge in [0.05, 0.1) is 11.1 Å². The monoisotopic (exact) mass is 282 g/mol. The van der Waals surface area contributed by atoms with Crippen LogP contribution in [0.2, 0.25) is 0 Å². The fourth-order valence-corrected chi connectivity index (χ4v) is 2.20. The van der Waals surface area contributed by atoms with E-state index in [1.807, 2.05) is 0 Å². The molecule has 2 nitrogen and oxygen atoms in total. The van der Waals surface area contributed by atoms with E-state index in [1.165, 1.54) is 0 Å². The highest BCUT2D eigenvalue weighted by Gasteiger charge is 2.36. The number of halogens is 6. The van der Waals surface area contributed by atoms with Crippen LogP contribution in [0.1, 0.15) is 0 Å². The van der Waals surface area contributed by atoms with Crippen LogP contribution in [0, 0.1) is 0 Å². The fourth-order valence-electron chi connectivity index (χ4n) is 0.827. The van der Waals surface area contributed by atoms with Crippen LogP contribution in [0.3, 0.4) is 0 Å². The number of alkyl halides is 6. The van der Waals surface area contributed by atoms with Crippen LogP contribution in [-0.4, -0.2) is 20.8 Å². The van der Waals surface area contributed by atoms with Crippen LogP contribution in [0.4, 0.5) is 26.3 Å². The molecule has 1 aromatic heterocycles. The van der Waals surface area contributed by atoms with Crippen molar-refractivity contribution in [2.45, 2.75) is 20.9 Å². The molecule has 10 heteroatoms. The molecule has 16 heavy (non-hydrogen) atoms. The molecule has 92 valence electrons. The molecule has 1 heterocycles. The van der Waals surface area contributed by atoms with Crippen LogP contribution in [-0.2, 0) is 7.05 Å². The van der Waals surface area contributed by atoms with Crippen LogP contribution in [0.25, 0.3) is 0 Å². The SMILES string of the molecule is Cn1ncc(SC(F)(F)F)c1SC(F)(F)F. The second-order valence-corrected chi connectivity index (χ2v) is 4.69. The molecule has 0 radical (unpaired) electrons. The van der Waals surface area contributed by atoms with E-state index in [2.05, 4.69) is 5.10 Å². The zero-order chi connectivity index (χ0) is 12.6. The molecule has 1 aromatic rings. The highest BCUT2D eigenvalue weighted by atomic mass is 32.2. The van der Waals surface area contributed by atoms with Crippen LogP contribution in [0.5, 0.6) is 0 Å². The Labute approximate surface area is 94.4 Å². The molecule has 0 saturated heterocycles. The fraction of sp³-hybridized carbons (Fsp3) is 0.500. The van der Waals surface area contributed by atoms with Crippen molar-refractivity contribution < 1.29 is 26.3 Å². The van der Waals surface area contributed by atoms with Gasteiger partial charge in [0.1, 0.15) is 5.03 Å². The smallest absolute Gasteiger partial charge is 0.261 e. The number of aryl methyl sites for hydroxylation is 1. The Balaban J connectivity index is 2.95. The summed E-state index contributed by atoms with van der Waals surface area (Å²) >= 11 is -1.23. The standard InChI is InChI=1S/C6H4F6N2S2/c1-14-4(16-6(10,11)12)3(2-13-14)15-5(7,8)9/h2H,1H3. The second-order valence-electron chi connectivity index (χ2n) is 2.53. The lowest BCUT2D eigenvalue weighted by Gasteiger charge is -2.09. The van der Waals surface area contributed by atoms with E-state index < -0.39 is 44.5 Å². The van der Waals surface area contributed by atoms with Crippen molar-refractivity contribution in [3.63, 3.8) is 0 Å². The van der Waals surface area contributed by atoms with Crippen LogP contribution >= 0.6 is 23.5 Å². The molecular formula is C6H4F6N2S2. The number of rotatable bonds is 2. The highest BCUT2D eigenvalue weighted by Crippen LogP contribution is 2.45. The summed E-state index contributed by atoms with van der Waals surface area (Å²) in [7, 11) is 1.15. The molecule has 0 amide bonds. The molecule has 0 aliphatic heterocycles. The summed E-state index contributed by atoms with van der Waals surface area (Å²) in [5, 5.41) is 2.79. The first-order valence-electron chi connectivity index (χ1n) is 3.62. The van der Waals surface area contributed by atoms with E-state index in [4.69, 9.17) is 0 Å². The van der Waals surface area contributed by atoms with Gasteiger partial charge in [0.15, 0.2) is 0 Å². The quantitative estimate of drug-likeness (QED) is 0.609. The Morgan fingerprint density at radius 1 is 1.06 bits per heavy atom. The summed E-state index contributed by atoms with van der Waals surface area (Å²) in [5.41, 5.74) is -9.28. The van der Waals surface area contributed by atoms with Gasteiger partial charge in [-0.25, -0.2) is 0 Å². The molecule has 1 rings (SSSR count). The minimum atomic E-state index is -4.64. The molecule has 0 bridgehead atoms. The highest BCUT2D eigenvalue weighted by molar-refractivity contribution is 8.03. The normalized spacial score (nSPS) is 13.2. The number of hydrogen-bond donors (Lipinski definition) is 0. The lowest BCUT2D eigenvalue weighted by Crippen LogP contribution is -2.05. The van der Waals surface area contributed by atoms with Crippen molar-refractivity contribution in [1.82, 2.24) is 9.78 Å². The summed E-state index contributed by atoms with van der Waals surface area (Å²) in [6, 6.07) is 0. The van der Waals surface area contributed by atoms with Gasteiger partial charge in [-0.1, -0.05) is 0 Å². The summed E-state index contributed by atoms with van der Waals surface area (Å²) in [4.78, 5) is -0.558. The van der Waals surface area contributed by atoms with E-state index in [1.54, 1.807) is 0 Å². The molecule has 0 atom stereocenters. The Kier molecular flexibility index (Phi) is 3.72. The molecule has 0 saturated carbocycles. The van der Waals surface area contributed by atoms with Crippen molar-refractivity contribution in [3.05, 3.63) is 6.20 Å². The van der Waals surface area contributed by atoms with E-state index in [0.717, 1.165) is 17.9 Å². The third-order valence-electron chi connectivity index (χ3n) is 1.29. The molecule has 0 fully saturated rings. The van der Waals surface area contributed by atoms with Crippen LogP contribution in [0.15, 0.2) is 16.1 Å². The lowest BCUT2D eigenvalue weighted by atomic mass is 10.7. The Bertz CT molecular complexity index is 368. The molecule has 0 aromatic carbocycles. The largest absolute Gasteiger partial charge is 0.447 e. The second kappa shape index (κ2) is 4.40. The predicted octanol–water partition coefficient (Wildman–Crippen LogP) is 3.64. The van der Waals surface area contributed by atoms with Gasteiger partial charge in [0.2, 0.25) is 0 Å². The Morgan fingerprint density at radius 3 is 2.00 bits per heavy atom. The number of thioether (sulfide) groups is 2. The van der Waals surface area contributed by atoms with Crippen molar-refractivity contribution in [2.24, 2.45) is 7.05 Å². The maximum atomic E-state index is 12.0. The van der Waals surface area contributed by atoms with Crippen LogP contribution < -0.4 is 0 Å². The van der Waals surface area contributed by atoms with Gasteiger partial charge in [0, 0.05) is 18.8 Å². The van der Waals surface area contributed by atoms with Crippen molar-refractivity contribution in [1.29, 1.82) is 0 Å². The summed E-state index contributed by atoms with van der Waals surface area (Å²) in [6.45, 7) is 0. The first kappa shape index (κ1) is 13.6. The Hall–Kier alpha value is -0.510. The molecule has 0 aliphatic carbocycles. The minimum Gasteiger partial charge on any atom is -0.261 e. The lowest BCUT2D eigenvalue weighted by molar-refractivity contribution is -0.0348. The van der Waals surface area contributed by atoms with Crippen molar-refractivity contribution in [3.8, 4) is 0 Å². The van der Waals surface area contributed by atoms with E-state index >= 15 is 0 Å². The average molecular weight is 282 g/mol. The first-order valence-corrected chi connectivity index (χ1v) is 5.25. The van der Waals surface area contributed by atoms with Gasteiger partial charge < -0.3 is 0 Å². The number of aromatic nitrogens is 2. The molecule has 0 unspecified atom stereocenters. The van der Waals surface area contributed by atoms with Crippen molar-refractivity contribution >= 4 is 23.5 Å². The summed E-state index contributed by atoms with van der Waals surface area (Å²) < 4.78 is 72.9. The number of hydrogen-bond acceptors (Lipinski definition) is 3. The van der Waals surface area contributed by atoms with Gasteiger partial charge in [-0.3, -0.25) is 4.68 Å². The van der Waals surface area contributed by atoms with Gasteiger partial charge >= 0.3 is 11.0 Å². The third kappa shape index (κ3) is 4.16. The van der Waals surface area contributed by atoms with E-state index in [9.17, 15) is 26.3 Å². The van der Waals surface area contributed by atoms with E-state index in [0.29, 0.717) is 0 Å². The minimum absolute atomic E-state index is 0.558. The van der Waals surface area contributed by atoms with Crippen molar-refractivity contribution in [2.75, 3.05) is 0 Å². The topological polar surface area (TPSA) is 17.8 Å². The zero-order valence-corrected chi connectivity index (χ0v) is 9.19.